The third-order valence-corrected chi connectivity index (χ3v) is 3.84. The van der Waals surface area contributed by atoms with Crippen molar-refractivity contribution < 1.29 is 14.3 Å². The number of carbonyl (C=O) groups excluding carboxylic acids is 1. The standard InChI is InChI=1S/C21H25N3O3/c1-4-11-24(16-18-7-5-17(2)6-8-18)21(25)23-15-19-9-10-20(22-14-19)27-13-12-26-3/h1,5-10,14H,11-13,15-16H2,2-3H3,(H,23,25). The first-order valence-electron chi connectivity index (χ1n) is 8.71. The van der Waals surface area contributed by atoms with E-state index < -0.39 is 0 Å². The van der Waals surface area contributed by atoms with Crippen LogP contribution >= 0.6 is 0 Å². The Kier molecular flexibility index (Phi) is 8.14. The molecule has 0 bridgehead atoms. The summed E-state index contributed by atoms with van der Waals surface area (Å²) in [5.74, 6) is 3.06. The van der Waals surface area contributed by atoms with E-state index in [1.165, 1.54) is 5.56 Å². The molecule has 142 valence electrons. The minimum atomic E-state index is -0.214. The fourth-order valence-corrected chi connectivity index (χ4v) is 2.34. The molecule has 27 heavy (non-hydrogen) atoms. The molecule has 6 nitrogen and oxygen atoms in total. The summed E-state index contributed by atoms with van der Waals surface area (Å²) >= 11 is 0. The lowest BCUT2D eigenvalue weighted by Crippen LogP contribution is -2.39. The summed E-state index contributed by atoms with van der Waals surface area (Å²) in [6.45, 7) is 4.03. The third kappa shape index (κ3) is 7.00. The van der Waals surface area contributed by atoms with E-state index >= 15 is 0 Å². The van der Waals surface area contributed by atoms with Crippen LogP contribution in [0.2, 0.25) is 0 Å². The van der Waals surface area contributed by atoms with Gasteiger partial charge < -0.3 is 19.7 Å². The van der Waals surface area contributed by atoms with Crippen LogP contribution < -0.4 is 10.1 Å². The number of urea groups is 1. The van der Waals surface area contributed by atoms with Gasteiger partial charge in [0.25, 0.3) is 0 Å². The van der Waals surface area contributed by atoms with Gasteiger partial charge in [0.05, 0.1) is 13.2 Å². The van der Waals surface area contributed by atoms with Crippen LogP contribution in [0.1, 0.15) is 16.7 Å². The molecule has 0 radical (unpaired) electrons. The lowest BCUT2D eigenvalue weighted by atomic mass is 10.1. The highest BCUT2D eigenvalue weighted by molar-refractivity contribution is 5.74. The Hall–Kier alpha value is -3.04. The van der Waals surface area contributed by atoms with Crippen molar-refractivity contribution in [2.75, 3.05) is 26.9 Å². The number of nitrogens with zero attached hydrogens (tertiary/aromatic N) is 2. The molecule has 2 rings (SSSR count). The first-order valence-corrected chi connectivity index (χ1v) is 8.71. The van der Waals surface area contributed by atoms with Crippen molar-refractivity contribution in [1.82, 2.24) is 15.2 Å². The minimum absolute atomic E-state index is 0.214. The van der Waals surface area contributed by atoms with Gasteiger partial charge in [-0.25, -0.2) is 9.78 Å². The van der Waals surface area contributed by atoms with Crippen molar-refractivity contribution in [3.8, 4) is 18.2 Å². The van der Waals surface area contributed by atoms with Crippen molar-refractivity contribution in [3.63, 3.8) is 0 Å². The average molecular weight is 367 g/mol. The SMILES string of the molecule is C#CCN(Cc1ccc(C)cc1)C(=O)NCc1ccc(OCCOC)nc1. The first-order chi connectivity index (χ1) is 13.1. The number of aryl methyl sites for hydroxylation is 1. The normalized spacial score (nSPS) is 10.1. The molecule has 0 saturated carbocycles. The van der Waals surface area contributed by atoms with Crippen LogP contribution in [0.3, 0.4) is 0 Å². The van der Waals surface area contributed by atoms with Gasteiger partial charge in [-0.3, -0.25) is 0 Å². The second kappa shape index (κ2) is 10.8. The van der Waals surface area contributed by atoms with Crippen LogP contribution in [-0.2, 0) is 17.8 Å². The molecule has 2 amide bonds. The summed E-state index contributed by atoms with van der Waals surface area (Å²) in [4.78, 5) is 18.3. The highest BCUT2D eigenvalue weighted by Gasteiger charge is 2.12. The van der Waals surface area contributed by atoms with E-state index in [4.69, 9.17) is 15.9 Å². The quantitative estimate of drug-likeness (QED) is 0.547. The van der Waals surface area contributed by atoms with Gasteiger partial charge in [0, 0.05) is 32.5 Å². The van der Waals surface area contributed by atoms with Gasteiger partial charge in [0.2, 0.25) is 5.88 Å². The maximum atomic E-state index is 12.5. The number of hydrogen-bond acceptors (Lipinski definition) is 4. The van der Waals surface area contributed by atoms with E-state index in [9.17, 15) is 4.79 Å². The zero-order valence-corrected chi connectivity index (χ0v) is 15.8. The molecule has 0 saturated heterocycles. The summed E-state index contributed by atoms with van der Waals surface area (Å²) in [7, 11) is 1.62. The zero-order chi connectivity index (χ0) is 19.5. The molecule has 0 atom stereocenters. The van der Waals surface area contributed by atoms with Crippen molar-refractivity contribution in [2.45, 2.75) is 20.0 Å². The molecular weight excluding hydrogens is 342 g/mol. The predicted octanol–water partition coefficient (Wildman–Crippen LogP) is 2.76. The monoisotopic (exact) mass is 367 g/mol. The van der Waals surface area contributed by atoms with Crippen molar-refractivity contribution in [2.24, 2.45) is 0 Å². The van der Waals surface area contributed by atoms with Gasteiger partial charge in [0.15, 0.2) is 0 Å². The molecule has 6 heteroatoms. The van der Waals surface area contributed by atoms with Gasteiger partial charge in [-0.15, -0.1) is 6.42 Å². The molecule has 1 heterocycles. The molecule has 0 aliphatic heterocycles. The Balaban J connectivity index is 1.87. The molecule has 1 aromatic carbocycles. The van der Waals surface area contributed by atoms with E-state index in [1.54, 1.807) is 24.3 Å². The number of methoxy groups -OCH3 is 1. The van der Waals surface area contributed by atoms with Crippen LogP contribution in [-0.4, -0.2) is 42.8 Å². The number of hydrogen-bond donors (Lipinski definition) is 1. The van der Waals surface area contributed by atoms with Gasteiger partial charge in [0.1, 0.15) is 6.61 Å². The third-order valence-electron chi connectivity index (χ3n) is 3.84. The molecule has 0 spiro atoms. The van der Waals surface area contributed by atoms with Crippen LogP contribution in [0.5, 0.6) is 5.88 Å². The largest absolute Gasteiger partial charge is 0.475 e. The Labute approximate surface area is 160 Å². The zero-order valence-electron chi connectivity index (χ0n) is 15.8. The second-order valence-electron chi connectivity index (χ2n) is 6.05. The summed E-state index contributed by atoms with van der Waals surface area (Å²) in [5, 5.41) is 2.88. The van der Waals surface area contributed by atoms with Gasteiger partial charge in [-0.2, -0.15) is 0 Å². The number of ether oxygens (including phenoxy) is 2. The molecule has 0 unspecified atom stereocenters. The highest BCUT2D eigenvalue weighted by Crippen LogP contribution is 2.09. The first kappa shape index (κ1) is 20.3. The summed E-state index contributed by atoms with van der Waals surface area (Å²) < 4.78 is 10.3. The van der Waals surface area contributed by atoms with Gasteiger partial charge >= 0.3 is 6.03 Å². The van der Waals surface area contributed by atoms with Gasteiger partial charge in [-0.1, -0.05) is 41.8 Å². The summed E-state index contributed by atoms with van der Waals surface area (Å²) in [5.41, 5.74) is 3.08. The molecule has 2 aromatic rings. The maximum Gasteiger partial charge on any atom is 0.318 e. The lowest BCUT2D eigenvalue weighted by molar-refractivity contribution is 0.143. The molecule has 1 N–H and O–H groups in total. The topological polar surface area (TPSA) is 63.7 Å². The molecular formula is C21H25N3O3. The van der Waals surface area contributed by atoms with Crippen molar-refractivity contribution >= 4 is 6.03 Å². The van der Waals surface area contributed by atoms with E-state index in [-0.39, 0.29) is 12.6 Å². The predicted molar refractivity (Wildman–Crippen MR) is 104 cm³/mol. The fourth-order valence-electron chi connectivity index (χ4n) is 2.34. The van der Waals surface area contributed by atoms with Crippen LogP contribution in [0.4, 0.5) is 4.79 Å². The second-order valence-corrected chi connectivity index (χ2v) is 6.05. The highest BCUT2D eigenvalue weighted by atomic mass is 16.5. The number of benzene rings is 1. The van der Waals surface area contributed by atoms with E-state index in [2.05, 4.69) is 16.2 Å². The Morgan fingerprint density at radius 3 is 2.56 bits per heavy atom. The fraction of sp³-hybridized carbons (Fsp3) is 0.333. The molecule has 0 aliphatic rings. The molecule has 0 fully saturated rings. The number of amides is 2. The Morgan fingerprint density at radius 2 is 1.93 bits per heavy atom. The van der Waals surface area contributed by atoms with Crippen LogP contribution in [0.25, 0.3) is 0 Å². The number of aromatic nitrogens is 1. The lowest BCUT2D eigenvalue weighted by Gasteiger charge is -2.21. The van der Waals surface area contributed by atoms with E-state index in [1.807, 2.05) is 37.3 Å². The number of rotatable bonds is 9. The van der Waals surface area contributed by atoms with Crippen molar-refractivity contribution in [1.29, 1.82) is 0 Å². The molecule has 1 aromatic heterocycles. The average Bonchev–Trinajstić information content (AvgIpc) is 2.68. The number of nitrogens with one attached hydrogen (secondary N) is 1. The summed E-state index contributed by atoms with van der Waals surface area (Å²) in [6.07, 6.45) is 7.09. The molecule has 0 aliphatic carbocycles. The maximum absolute atomic E-state index is 12.5. The van der Waals surface area contributed by atoms with Crippen LogP contribution in [0, 0.1) is 19.3 Å². The van der Waals surface area contributed by atoms with Crippen LogP contribution in [0.15, 0.2) is 42.6 Å². The van der Waals surface area contributed by atoms with E-state index in [0.29, 0.717) is 32.2 Å². The smallest absolute Gasteiger partial charge is 0.318 e. The Bertz CT molecular complexity index is 752. The van der Waals surface area contributed by atoms with E-state index in [0.717, 1.165) is 11.1 Å². The van der Waals surface area contributed by atoms with Gasteiger partial charge in [-0.05, 0) is 18.1 Å². The Morgan fingerprint density at radius 1 is 1.19 bits per heavy atom. The number of pyridine rings is 1. The minimum Gasteiger partial charge on any atom is -0.475 e. The summed E-state index contributed by atoms with van der Waals surface area (Å²) in [6, 6.07) is 11.4. The van der Waals surface area contributed by atoms with Crippen molar-refractivity contribution in [3.05, 3.63) is 59.3 Å². The number of carbonyl (C=O) groups is 1. The number of terminal acetylenes is 1.